The van der Waals surface area contributed by atoms with Crippen molar-refractivity contribution in [2.24, 2.45) is 0 Å². The minimum atomic E-state index is -1.05. The average Bonchev–Trinajstić information content (AvgIpc) is 2.93. The molecule has 9 heteroatoms. The fraction of sp³-hybridized carbons (Fsp3) is 0.417. The number of aromatic amines is 1. The Morgan fingerprint density at radius 2 is 2.05 bits per heavy atom. The summed E-state index contributed by atoms with van der Waals surface area (Å²) >= 11 is 0. The minimum Gasteiger partial charge on any atom is -0.480 e. The Labute approximate surface area is 120 Å². The number of carboxylic acid groups (broad SMARTS) is 1. The van der Waals surface area contributed by atoms with E-state index in [0.29, 0.717) is 17.0 Å². The number of fused-ring (bicyclic) bond motifs is 1. The fourth-order valence-electron chi connectivity index (χ4n) is 1.81. The summed E-state index contributed by atoms with van der Waals surface area (Å²) in [6.07, 6.45) is 2.86. The molecule has 2 aromatic heterocycles. The van der Waals surface area contributed by atoms with Crippen molar-refractivity contribution in [3.8, 4) is 0 Å². The first kappa shape index (κ1) is 14.7. The molecule has 1 amide bonds. The summed E-state index contributed by atoms with van der Waals surface area (Å²) in [5.74, 6) is -0.840. The Bertz CT molecular complexity index is 670. The van der Waals surface area contributed by atoms with Gasteiger partial charge in [0.2, 0.25) is 5.91 Å². The molecule has 9 nitrogen and oxygen atoms in total. The van der Waals surface area contributed by atoms with E-state index in [1.165, 1.54) is 31.5 Å². The van der Waals surface area contributed by atoms with Crippen molar-refractivity contribution in [3.05, 3.63) is 12.7 Å². The zero-order valence-electron chi connectivity index (χ0n) is 11.9. The van der Waals surface area contributed by atoms with Gasteiger partial charge in [0.25, 0.3) is 0 Å². The van der Waals surface area contributed by atoms with E-state index >= 15 is 0 Å². The van der Waals surface area contributed by atoms with E-state index in [9.17, 15) is 9.59 Å². The van der Waals surface area contributed by atoms with Crippen LogP contribution in [-0.4, -0.2) is 68.5 Å². The first-order valence-corrected chi connectivity index (χ1v) is 6.25. The van der Waals surface area contributed by atoms with Gasteiger partial charge in [0.05, 0.1) is 12.9 Å². The van der Waals surface area contributed by atoms with Gasteiger partial charge >= 0.3 is 5.97 Å². The van der Waals surface area contributed by atoms with Crippen molar-refractivity contribution in [3.63, 3.8) is 0 Å². The Morgan fingerprint density at radius 3 is 2.71 bits per heavy atom. The van der Waals surface area contributed by atoms with Crippen molar-refractivity contribution < 1.29 is 14.7 Å². The van der Waals surface area contributed by atoms with E-state index in [1.807, 2.05) is 0 Å². The van der Waals surface area contributed by atoms with E-state index in [2.05, 4.69) is 19.9 Å². The number of amides is 1. The second-order valence-electron chi connectivity index (χ2n) is 4.67. The third-order valence-electron chi connectivity index (χ3n) is 3.27. The summed E-state index contributed by atoms with van der Waals surface area (Å²) in [5, 5.41) is 8.92. The van der Waals surface area contributed by atoms with Gasteiger partial charge in [0.1, 0.15) is 17.9 Å². The number of nitrogens with zero attached hydrogens (tertiary/aromatic N) is 5. The van der Waals surface area contributed by atoms with Crippen LogP contribution >= 0.6 is 0 Å². The molecule has 2 rings (SSSR count). The number of hydrogen-bond donors (Lipinski definition) is 2. The normalized spacial score (nSPS) is 12.1. The lowest BCUT2D eigenvalue weighted by molar-refractivity contribution is -0.147. The Balaban J connectivity index is 2.14. The lowest BCUT2D eigenvalue weighted by Crippen LogP contribution is -2.44. The molecule has 0 aliphatic rings. The van der Waals surface area contributed by atoms with Crippen LogP contribution in [0.4, 0.5) is 5.82 Å². The summed E-state index contributed by atoms with van der Waals surface area (Å²) in [7, 11) is 3.15. The average molecular weight is 292 g/mol. The molecule has 0 bridgehead atoms. The second-order valence-corrected chi connectivity index (χ2v) is 4.67. The molecule has 0 aromatic carbocycles. The van der Waals surface area contributed by atoms with Crippen molar-refractivity contribution in [2.75, 3.05) is 25.5 Å². The maximum absolute atomic E-state index is 12.1. The van der Waals surface area contributed by atoms with E-state index in [-0.39, 0.29) is 12.5 Å². The van der Waals surface area contributed by atoms with Gasteiger partial charge in [0.15, 0.2) is 11.5 Å². The smallest absolute Gasteiger partial charge is 0.326 e. The van der Waals surface area contributed by atoms with Gasteiger partial charge in [-0.25, -0.2) is 19.7 Å². The first-order chi connectivity index (χ1) is 9.91. The number of aliphatic carboxylic acids is 1. The third-order valence-corrected chi connectivity index (χ3v) is 3.27. The predicted molar refractivity (Wildman–Crippen MR) is 74.8 cm³/mol. The molecule has 0 fully saturated rings. The molecule has 1 unspecified atom stereocenters. The summed E-state index contributed by atoms with van der Waals surface area (Å²) in [5.41, 5.74) is 1.13. The number of imidazole rings is 1. The van der Waals surface area contributed by atoms with E-state index in [0.717, 1.165) is 0 Å². The predicted octanol–water partition coefficient (Wildman–Crippen LogP) is -0.279. The number of hydrogen-bond acceptors (Lipinski definition) is 6. The maximum atomic E-state index is 12.1. The molecule has 2 aromatic rings. The van der Waals surface area contributed by atoms with Crippen LogP contribution in [0.25, 0.3) is 11.2 Å². The van der Waals surface area contributed by atoms with Crippen LogP contribution in [0.5, 0.6) is 0 Å². The summed E-state index contributed by atoms with van der Waals surface area (Å²) < 4.78 is 0. The number of carbonyl (C=O) groups is 2. The Hall–Kier alpha value is -2.71. The van der Waals surface area contributed by atoms with Crippen LogP contribution in [-0.2, 0) is 9.59 Å². The standard InChI is InChI=1S/C12H16N6O3/c1-7(12(20)21)18(3)8(19)4-17(2)11-9-10(14-5-13-9)15-6-16-11/h5-7H,4H2,1-3H3,(H,20,21)(H,13,14,15,16). The first-order valence-electron chi connectivity index (χ1n) is 6.25. The third kappa shape index (κ3) is 2.91. The molecular weight excluding hydrogens is 276 g/mol. The van der Waals surface area contributed by atoms with E-state index in [1.54, 1.807) is 11.9 Å². The van der Waals surface area contributed by atoms with Crippen molar-refractivity contribution >= 4 is 28.9 Å². The second kappa shape index (κ2) is 5.73. The highest BCUT2D eigenvalue weighted by Crippen LogP contribution is 2.18. The molecule has 0 radical (unpaired) electrons. The molecule has 0 aliphatic heterocycles. The molecule has 0 saturated carbocycles. The summed E-state index contributed by atoms with van der Waals surface area (Å²) in [6, 6.07) is -0.886. The molecule has 21 heavy (non-hydrogen) atoms. The van der Waals surface area contributed by atoms with Gasteiger partial charge in [-0.05, 0) is 6.92 Å². The van der Waals surface area contributed by atoms with Crippen LogP contribution in [0, 0.1) is 0 Å². The highest BCUT2D eigenvalue weighted by atomic mass is 16.4. The van der Waals surface area contributed by atoms with Gasteiger partial charge in [-0.1, -0.05) is 0 Å². The highest BCUT2D eigenvalue weighted by Gasteiger charge is 2.23. The zero-order chi connectivity index (χ0) is 15.6. The van der Waals surface area contributed by atoms with Gasteiger partial charge in [-0.15, -0.1) is 0 Å². The van der Waals surface area contributed by atoms with Gasteiger partial charge in [-0.3, -0.25) is 4.79 Å². The van der Waals surface area contributed by atoms with Gasteiger partial charge in [0, 0.05) is 14.1 Å². The quantitative estimate of drug-likeness (QED) is 0.778. The molecule has 2 heterocycles. The highest BCUT2D eigenvalue weighted by molar-refractivity contribution is 5.89. The van der Waals surface area contributed by atoms with Crippen LogP contribution in [0.15, 0.2) is 12.7 Å². The number of carbonyl (C=O) groups excluding carboxylic acids is 1. The van der Waals surface area contributed by atoms with Crippen molar-refractivity contribution in [1.82, 2.24) is 24.8 Å². The molecule has 0 spiro atoms. The fourth-order valence-corrected chi connectivity index (χ4v) is 1.81. The number of H-pyrrole nitrogens is 1. The summed E-state index contributed by atoms with van der Waals surface area (Å²) in [4.78, 5) is 40.9. The SMILES string of the molecule is CC(C(=O)O)N(C)C(=O)CN(C)c1ncnc2nc[nH]c12. The Morgan fingerprint density at radius 1 is 1.33 bits per heavy atom. The minimum absolute atomic E-state index is 0.000741. The molecule has 0 saturated heterocycles. The van der Waals surface area contributed by atoms with Crippen LogP contribution in [0.1, 0.15) is 6.92 Å². The number of carboxylic acids is 1. The molecule has 2 N–H and O–H groups in total. The maximum Gasteiger partial charge on any atom is 0.326 e. The van der Waals surface area contributed by atoms with Crippen LogP contribution in [0.3, 0.4) is 0 Å². The zero-order valence-corrected chi connectivity index (χ0v) is 11.9. The number of rotatable bonds is 5. The summed E-state index contributed by atoms with van der Waals surface area (Å²) in [6.45, 7) is 1.46. The number of anilines is 1. The Kier molecular flexibility index (Phi) is 4.01. The van der Waals surface area contributed by atoms with Crippen molar-refractivity contribution in [1.29, 1.82) is 0 Å². The lowest BCUT2D eigenvalue weighted by Gasteiger charge is -2.25. The monoisotopic (exact) mass is 292 g/mol. The molecule has 0 aliphatic carbocycles. The van der Waals surface area contributed by atoms with Crippen LogP contribution in [0.2, 0.25) is 0 Å². The number of likely N-dealkylation sites (N-methyl/N-ethyl adjacent to an activating group) is 2. The van der Waals surface area contributed by atoms with E-state index in [4.69, 9.17) is 5.11 Å². The lowest BCUT2D eigenvalue weighted by atomic mass is 10.3. The van der Waals surface area contributed by atoms with Crippen LogP contribution < -0.4 is 4.90 Å². The van der Waals surface area contributed by atoms with Crippen molar-refractivity contribution in [2.45, 2.75) is 13.0 Å². The number of aromatic nitrogens is 4. The molecular formula is C12H16N6O3. The topological polar surface area (TPSA) is 115 Å². The van der Waals surface area contributed by atoms with Gasteiger partial charge < -0.3 is 19.9 Å². The number of nitrogens with one attached hydrogen (secondary N) is 1. The molecule has 112 valence electrons. The van der Waals surface area contributed by atoms with Gasteiger partial charge in [-0.2, -0.15) is 0 Å². The largest absolute Gasteiger partial charge is 0.480 e. The van der Waals surface area contributed by atoms with E-state index < -0.39 is 12.0 Å². The molecule has 1 atom stereocenters.